The molecule has 1 aliphatic heterocycles. The van der Waals surface area contributed by atoms with E-state index in [0.717, 1.165) is 37.2 Å². The summed E-state index contributed by atoms with van der Waals surface area (Å²) in [4.78, 5) is 18.5. The normalized spacial score (nSPS) is 17.5. The number of piperidine rings is 1. The third kappa shape index (κ3) is 4.57. The van der Waals surface area contributed by atoms with Crippen molar-refractivity contribution in [2.24, 2.45) is 5.92 Å². The van der Waals surface area contributed by atoms with Crippen molar-refractivity contribution in [3.63, 3.8) is 0 Å². The molecule has 1 aliphatic rings. The predicted molar refractivity (Wildman–Crippen MR) is 93.9 cm³/mol. The molecule has 0 N–H and O–H groups in total. The molecule has 3 rings (SSSR count). The highest BCUT2D eigenvalue weighted by molar-refractivity contribution is 5.78. The molecule has 1 amide bonds. The molecule has 4 heteroatoms. The van der Waals surface area contributed by atoms with E-state index >= 15 is 0 Å². The SMILES string of the molecule is Cc1ccc(OC[C@@H]2CCCN(C(=O)Cc3cccnc3)C2)cc1. The number of hydrogen-bond donors (Lipinski definition) is 0. The van der Waals surface area contributed by atoms with Crippen molar-refractivity contribution in [2.45, 2.75) is 26.2 Å². The van der Waals surface area contributed by atoms with Gasteiger partial charge in [0.2, 0.25) is 5.91 Å². The quantitative estimate of drug-likeness (QED) is 0.848. The van der Waals surface area contributed by atoms with Gasteiger partial charge >= 0.3 is 0 Å². The van der Waals surface area contributed by atoms with E-state index in [1.165, 1.54) is 5.56 Å². The molecule has 0 bridgehead atoms. The van der Waals surface area contributed by atoms with Gasteiger partial charge in [0.15, 0.2) is 0 Å². The third-order valence-electron chi connectivity index (χ3n) is 4.46. The zero-order valence-electron chi connectivity index (χ0n) is 14.1. The van der Waals surface area contributed by atoms with Crippen LogP contribution in [-0.2, 0) is 11.2 Å². The standard InChI is InChI=1S/C20H24N2O2/c1-16-6-8-19(9-7-16)24-15-18-5-3-11-22(14-18)20(23)12-17-4-2-10-21-13-17/h2,4,6-10,13,18H,3,5,11-12,14-15H2,1H3/t18-/m1/s1. The number of hydrogen-bond acceptors (Lipinski definition) is 3. The van der Waals surface area contributed by atoms with Crippen LogP contribution in [0.5, 0.6) is 5.75 Å². The van der Waals surface area contributed by atoms with Gasteiger partial charge in [0.25, 0.3) is 0 Å². The number of ether oxygens (including phenoxy) is 1. The maximum Gasteiger partial charge on any atom is 0.227 e. The minimum absolute atomic E-state index is 0.183. The molecule has 4 nitrogen and oxygen atoms in total. The Morgan fingerprint density at radius 1 is 1.29 bits per heavy atom. The van der Waals surface area contributed by atoms with Gasteiger partial charge in [0, 0.05) is 31.4 Å². The van der Waals surface area contributed by atoms with Gasteiger partial charge in [0.05, 0.1) is 13.0 Å². The molecule has 0 aliphatic carbocycles. The Balaban J connectivity index is 1.50. The summed E-state index contributed by atoms with van der Waals surface area (Å²) in [6.07, 6.45) is 6.08. The molecule has 24 heavy (non-hydrogen) atoms. The van der Waals surface area contributed by atoms with E-state index in [-0.39, 0.29) is 5.91 Å². The molecule has 0 unspecified atom stereocenters. The van der Waals surface area contributed by atoms with Crippen LogP contribution in [-0.4, -0.2) is 35.5 Å². The summed E-state index contributed by atoms with van der Waals surface area (Å²) in [5, 5.41) is 0. The van der Waals surface area contributed by atoms with E-state index in [2.05, 4.69) is 24.0 Å². The number of carbonyl (C=O) groups excluding carboxylic acids is 1. The van der Waals surface area contributed by atoms with Gasteiger partial charge in [-0.05, 0) is 43.5 Å². The van der Waals surface area contributed by atoms with Crippen LogP contribution in [0.25, 0.3) is 0 Å². The number of pyridine rings is 1. The zero-order chi connectivity index (χ0) is 16.8. The predicted octanol–water partition coefficient (Wildman–Crippen LogP) is 3.25. The second-order valence-electron chi connectivity index (χ2n) is 6.51. The molecule has 0 radical (unpaired) electrons. The number of aromatic nitrogens is 1. The van der Waals surface area contributed by atoms with Gasteiger partial charge in [0.1, 0.15) is 5.75 Å². The molecule has 1 fully saturated rings. The zero-order valence-corrected chi connectivity index (χ0v) is 14.1. The molecular formula is C20H24N2O2. The van der Waals surface area contributed by atoms with Gasteiger partial charge in [-0.25, -0.2) is 0 Å². The van der Waals surface area contributed by atoms with Crippen LogP contribution in [0.4, 0.5) is 0 Å². The van der Waals surface area contributed by atoms with E-state index < -0.39 is 0 Å². The van der Waals surface area contributed by atoms with E-state index in [0.29, 0.717) is 18.9 Å². The van der Waals surface area contributed by atoms with Crippen LogP contribution in [0.2, 0.25) is 0 Å². The van der Waals surface area contributed by atoms with Crippen LogP contribution in [0.3, 0.4) is 0 Å². The molecule has 126 valence electrons. The topological polar surface area (TPSA) is 42.4 Å². The smallest absolute Gasteiger partial charge is 0.227 e. The summed E-state index contributed by atoms with van der Waals surface area (Å²) in [6.45, 7) is 4.36. The monoisotopic (exact) mass is 324 g/mol. The van der Waals surface area contributed by atoms with E-state index in [4.69, 9.17) is 4.74 Å². The summed E-state index contributed by atoms with van der Waals surface area (Å²) >= 11 is 0. The van der Waals surface area contributed by atoms with Gasteiger partial charge < -0.3 is 9.64 Å². The minimum Gasteiger partial charge on any atom is -0.493 e. The third-order valence-corrected chi connectivity index (χ3v) is 4.46. The lowest BCUT2D eigenvalue weighted by molar-refractivity contribution is -0.132. The van der Waals surface area contributed by atoms with Crippen LogP contribution in [0, 0.1) is 12.8 Å². The molecule has 0 saturated carbocycles. The largest absolute Gasteiger partial charge is 0.493 e. The second-order valence-corrected chi connectivity index (χ2v) is 6.51. The first-order valence-electron chi connectivity index (χ1n) is 8.57. The van der Waals surface area contributed by atoms with Crippen molar-refractivity contribution in [3.8, 4) is 5.75 Å². The average molecular weight is 324 g/mol. The Labute approximate surface area is 143 Å². The van der Waals surface area contributed by atoms with Crippen LogP contribution in [0.1, 0.15) is 24.0 Å². The number of nitrogens with zero attached hydrogens (tertiary/aromatic N) is 2. The van der Waals surface area contributed by atoms with Crippen LogP contribution < -0.4 is 4.74 Å². The van der Waals surface area contributed by atoms with Crippen LogP contribution in [0.15, 0.2) is 48.8 Å². The van der Waals surface area contributed by atoms with Crippen molar-refractivity contribution in [2.75, 3.05) is 19.7 Å². The van der Waals surface area contributed by atoms with Gasteiger partial charge in [-0.3, -0.25) is 9.78 Å². The summed E-state index contributed by atoms with van der Waals surface area (Å²) in [5.41, 5.74) is 2.20. The fourth-order valence-electron chi connectivity index (χ4n) is 3.07. The first-order valence-corrected chi connectivity index (χ1v) is 8.57. The summed E-state index contributed by atoms with van der Waals surface area (Å²) < 4.78 is 5.90. The van der Waals surface area contributed by atoms with Crippen molar-refractivity contribution in [3.05, 3.63) is 59.9 Å². The Morgan fingerprint density at radius 3 is 2.88 bits per heavy atom. The summed E-state index contributed by atoms with van der Waals surface area (Å²) in [5.74, 6) is 1.49. The maximum absolute atomic E-state index is 12.5. The summed E-state index contributed by atoms with van der Waals surface area (Å²) in [7, 11) is 0. The Bertz CT molecular complexity index is 655. The Hall–Kier alpha value is -2.36. The van der Waals surface area contributed by atoms with Crippen molar-refractivity contribution < 1.29 is 9.53 Å². The van der Waals surface area contributed by atoms with Gasteiger partial charge in [-0.1, -0.05) is 23.8 Å². The first kappa shape index (κ1) is 16.5. The van der Waals surface area contributed by atoms with Gasteiger partial charge in [-0.2, -0.15) is 0 Å². The minimum atomic E-state index is 0.183. The number of rotatable bonds is 5. The Morgan fingerprint density at radius 2 is 2.12 bits per heavy atom. The summed E-state index contributed by atoms with van der Waals surface area (Å²) in [6, 6.07) is 11.9. The van der Waals surface area contributed by atoms with E-state index in [9.17, 15) is 4.79 Å². The number of benzene rings is 1. The lowest BCUT2D eigenvalue weighted by Crippen LogP contribution is -2.42. The molecule has 1 aromatic heterocycles. The Kier molecular flexibility index (Phi) is 5.47. The molecular weight excluding hydrogens is 300 g/mol. The first-order chi connectivity index (χ1) is 11.7. The van der Waals surface area contributed by atoms with E-state index in [1.807, 2.05) is 29.2 Å². The number of amides is 1. The number of likely N-dealkylation sites (tertiary alicyclic amines) is 1. The molecule has 2 heterocycles. The lowest BCUT2D eigenvalue weighted by atomic mass is 9.98. The molecule has 1 aromatic carbocycles. The van der Waals surface area contributed by atoms with Gasteiger partial charge in [-0.15, -0.1) is 0 Å². The fraction of sp³-hybridized carbons (Fsp3) is 0.400. The molecule has 1 atom stereocenters. The van der Waals surface area contributed by atoms with E-state index in [1.54, 1.807) is 12.4 Å². The highest BCUT2D eigenvalue weighted by Gasteiger charge is 2.24. The van der Waals surface area contributed by atoms with Crippen LogP contribution >= 0.6 is 0 Å². The highest BCUT2D eigenvalue weighted by Crippen LogP contribution is 2.20. The lowest BCUT2D eigenvalue weighted by Gasteiger charge is -2.32. The maximum atomic E-state index is 12.5. The van der Waals surface area contributed by atoms with Crippen molar-refractivity contribution in [1.82, 2.24) is 9.88 Å². The number of carbonyl (C=O) groups is 1. The van der Waals surface area contributed by atoms with Crippen molar-refractivity contribution >= 4 is 5.91 Å². The van der Waals surface area contributed by atoms with Crippen molar-refractivity contribution in [1.29, 1.82) is 0 Å². The fourth-order valence-corrected chi connectivity index (χ4v) is 3.07. The highest BCUT2D eigenvalue weighted by atomic mass is 16.5. The molecule has 0 spiro atoms. The number of aryl methyl sites for hydroxylation is 1. The molecule has 2 aromatic rings. The molecule has 1 saturated heterocycles. The average Bonchev–Trinajstić information content (AvgIpc) is 2.62. The second kappa shape index (κ2) is 7.95.